The van der Waals surface area contributed by atoms with Gasteiger partial charge in [0.1, 0.15) is 0 Å². The third-order valence-corrected chi connectivity index (χ3v) is 8.62. The molecule has 0 heterocycles. The highest BCUT2D eigenvalue weighted by molar-refractivity contribution is 7.91. The number of carbonyl (C=O) groups excluding carboxylic acids is 1. The molecule has 1 N–H and O–H groups in total. The second kappa shape index (κ2) is 17.0. The summed E-state index contributed by atoms with van der Waals surface area (Å²) in [5.41, 5.74) is -0.941. The van der Waals surface area contributed by atoms with Crippen LogP contribution in [0.5, 0.6) is 0 Å². The summed E-state index contributed by atoms with van der Waals surface area (Å²) >= 11 is 0. The van der Waals surface area contributed by atoms with E-state index in [9.17, 15) is 23.1 Å². The molecule has 2 rings (SSSR count). The Morgan fingerprint density at radius 1 is 0.684 bits per heavy atom. The molecule has 0 saturated carbocycles. The summed E-state index contributed by atoms with van der Waals surface area (Å²) in [7, 11) is -4.29. The first kappa shape index (κ1) is 33.3. The molecule has 0 atom stereocenters. The topological polar surface area (TPSA) is 112 Å². The molecule has 0 aliphatic carbocycles. The van der Waals surface area contributed by atoms with Crippen LogP contribution in [-0.2, 0) is 9.84 Å². The maximum Gasteiger partial charge on any atom is 0.337 e. The van der Waals surface area contributed by atoms with Crippen molar-refractivity contribution in [3.63, 3.8) is 0 Å². The largest absolute Gasteiger partial charge is 0.545 e. The van der Waals surface area contributed by atoms with E-state index in [-0.39, 0.29) is 0 Å². The molecule has 212 valence electrons. The van der Waals surface area contributed by atoms with E-state index in [0.29, 0.717) is 0 Å². The Hall–Kier alpha value is -2.71. The third kappa shape index (κ3) is 9.87. The van der Waals surface area contributed by atoms with Crippen LogP contribution in [0, 0.1) is 0 Å². The Balaban J connectivity index is 0.000000391. The first-order valence-electron chi connectivity index (χ1n) is 13.8. The van der Waals surface area contributed by atoms with E-state index < -0.39 is 42.7 Å². The van der Waals surface area contributed by atoms with Gasteiger partial charge in [-0.3, -0.25) is 0 Å². The average Bonchev–Trinajstić information content (AvgIpc) is 2.92. The smallest absolute Gasteiger partial charge is 0.337 e. The minimum absolute atomic E-state index is 0.425. The van der Waals surface area contributed by atoms with E-state index >= 15 is 0 Å². The summed E-state index contributed by atoms with van der Waals surface area (Å²) in [6, 6.07) is 9.89. The zero-order valence-corrected chi connectivity index (χ0v) is 24.3. The zero-order chi connectivity index (χ0) is 28.6. The van der Waals surface area contributed by atoms with E-state index in [2.05, 4.69) is 27.7 Å². The fourth-order valence-corrected chi connectivity index (χ4v) is 6.15. The Labute approximate surface area is 229 Å². The predicted molar refractivity (Wildman–Crippen MR) is 149 cm³/mol. The first-order valence-corrected chi connectivity index (χ1v) is 15.3. The lowest BCUT2D eigenvalue weighted by molar-refractivity contribution is -0.929. The van der Waals surface area contributed by atoms with Gasteiger partial charge in [-0.1, -0.05) is 83.7 Å². The summed E-state index contributed by atoms with van der Waals surface area (Å²) in [4.78, 5) is 21.2. The van der Waals surface area contributed by atoms with E-state index in [1.165, 1.54) is 106 Å². The van der Waals surface area contributed by atoms with Crippen molar-refractivity contribution in [1.29, 1.82) is 0 Å². The number of aromatic carboxylic acids is 2. The number of nitrogens with zero attached hydrogens (tertiary/aromatic N) is 1. The highest BCUT2D eigenvalue weighted by Crippen LogP contribution is 2.26. The first-order chi connectivity index (χ1) is 18.1. The van der Waals surface area contributed by atoms with E-state index in [1.807, 2.05) is 0 Å². The van der Waals surface area contributed by atoms with Crippen LogP contribution in [-0.4, -0.2) is 56.1 Å². The molecule has 0 aliphatic heterocycles. The standard InChI is InChI=1S/C16H36N.C14H10O6S/c1-5-9-13-17(14-10-6-2,15-11-7-3)16-12-8-4;15-13(16)9-5-1-3-7-11(9)21(19,20)12-8-4-2-6-10(12)14(17)18/h5-16H2,1-4H3;1-8H,(H,15,16)(H,17,18)/q+1;/p-1. The second-order valence-corrected chi connectivity index (χ2v) is 11.6. The molecule has 0 spiro atoms. The van der Waals surface area contributed by atoms with Crippen LogP contribution in [0.4, 0.5) is 0 Å². The molecule has 8 heteroatoms. The van der Waals surface area contributed by atoms with E-state index in [1.54, 1.807) is 0 Å². The van der Waals surface area contributed by atoms with Crippen LogP contribution in [0.15, 0.2) is 58.3 Å². The molecule has 0 aromatic heterocycles. The lowest BCUT2D eigenvalue weighted by Crippen LogP contribution is -2.50. The van der Waals surface area contributed by atoms with Crippen molar-refractivity contribution in [2.75, 3.05) is 26.2 Å². The fraction of sp³-hybridized carbons (Fsp3) is 0.533. The Kier molecular flexibility index (Phi) is 14.9. The zero-order valence-electron chi connectivity index (χ0n) is 23.4. The van der Waals surface area contributed by atoms with Crippen molar-refractivity contribution in [1.82, 2.24) is 0 Å². The van der Waals surface area contributed by atoms with Gasteiger partial charge in [0, 0.05) is 5.56 Å². The summed E-state index contributed by atoms with van der Waals surface area (Å²) in [5.74, 6) is -3.07. The lowest BCUT2D eigenvalue weighted by Gasteiger charge is -2.39. The van der Waals surface area contributed by atoms with Gasteiger partial charge >= 0.3 is 5.97 Å². The van der Waals surface area contributed by atoms with Gasteiger partial charge in [0.15, 0.2) is 0 Å². The Morgan fingerprint density at radius 2 is 1.03 bits per heavy atom. The van der Waals surface area contributed by atoms with Crippen molar-refractivity contribution in [2.24, 2.45) is 0 Å². The molecule has 2 aromatic rings. The predicted octanol–water partition coefficient (Wildman–Crippen LogP) is 5.58. The second-order valence-electron chi connectivity index (χ2n) is 9.74. The molecule has 0 amide bonds. The molecule has 0 unspecified atom stereocenters. The SMILES string of the molecule is CCCC[N+](CCCC)(CCCC)CCCC.O=C([O-])c1ccccc1S(=O)(=O)c1ccccc1C(=O)O. The number of unbranched alkanes of at least 4 members (excludes halogenated alkanes) is 4. The summed E-state index contributed by atoms with van der Waals surface area (Å²) in [6.45, 7) is 15.0. The fourth-order valence-electron chi connectivity index (χ4n) is 4.51. The maximum atomic E-state index is 12.5. The third-order valence-electron chi connectivity index (χ3n) is 6.75. The lowest BCUT2D eigenvalue weighted by atomic mass is 10.1. The van der Waals surface area contributed by atoms with Crippen molar-refractivity contribution < 1.29 is 32.7 Å². The number of hydrogen-bond acceptors (Lipinski definition) is 5. The van der Waals surface area contributed by atoms with Crippen LogP contribution >= 0.6 is 0 Å². The number of carbonyl (C=O) groups is 2. The molecule has 7 nitrogen and oxygen atoms in total. The van der Waals surface area contributed by atoms with E-state index in [0.717, 1.165) is 24.3 Å². The molecular weight excluding hydrogens is 502 g/mol. The normalized spacial score (nSPS) is 11.5. The summed E-state index contributed by atoms with van der Waals surface area (Å²) in [6.07, 6.45) is 11.1. The maximum absolute atomic E-state index is 12.5. The van der Waals surface area contributed by atoms with Gasteiger partial charge in [-0.25, -0.2) is 13.2 Å². The summed E-state index contributed by atoms with van der Waals surface area (Å²) < 4.78 is 26.5. The number of benzene rings is 2. The minimum Gasteiger partial charge on any atom is -0.545 e. The van der Waals surface area contributed by atoms with Crippen molar-refractivity contribution >= 4 is 21.8 Å². The highest BCUT2D eigenvalue weighted by atomic mass is 32.2. The number of rotatable bonds is 16. The molecule has 0 saturated heterocycles. The van der Waals surface area contributed by atoms with E-state index in [4.69, 9.17) is 5.11 Å². The molecule has 0 fully saturated rings. The molecular formula is C30H45NO6S. The van der Waals surface area contributed by atoms with Crippen LogP contribution in [0.1, 0.15) is 99.8 Å². The monoisotopic (exact) mass is 547 g/mol. The Bertz CT molecular complexity index is 1010. The quantitative estimate of drug-likeness (QED) is 0.274. The van der Waals surface area contributed by atoms with Gasteiger partial charge in [0.25, 0.3) is 0 Å². The van der Waals surface area contributed by atoms with Crippen LogP contribution < -0.4 is 5.11 Å². The number of carboxylic acids is 2. The highest BCUT2D eigenvalue weighted by Gasteiger charge is 2.27. The van der Waals surface area contributed by atoms with Gasteiger partial charge in [-0.15, -0.1) is 0 Å². The van der Waals surface area contributed by atoms with Crippen molar-refractivity contribution in [2.45, 2.75) is 88.9 Å². The molecule has 2 aromatic carbocycles. The number of quaternary nitrogens is 1. The van der Waals surface area contributed by atoms with Gasteiger partial charge in [-0.05, 0) is 43.9 Å². The van der Waals surface area contributed by atoms with Gasteiger partial charge < -0.3 is 19.5 Å². The molecule has 0 aliphatic rings. The van der Waals surface area contributed by atoms with Gasteiger partial charge in [0.05, 0.1) is 47.5 Å². The van der Waals surface area contributed by atoms with Crippen molar-refractivity contribution in [3.05, 3.63) is 59.7 Å². The molecule has 0 bridgehead atoms. The van der Waals surface area contributed by atoms with Crippen LogP contribution in [0.3, 0.4) is 0 Å². The molecule has 0 radical (unpaired) electrons. The molecule has 38 heavy (non-hydrogen) atoms. The number of sulfone groups is 1. The van der Waals surface area contributed by atoms with Crippen LogP contribution in [0.2, 0.25) is 0 Å². The minimum atomic E-state index is -4.29. The average molecular weight is 548 g/mol. The number of hydrogen-bond donors (Lipinski definition) is 1. The van der Waals surface area contributed by atoms with Gasteiger partial charge in [0.2, 0.25) is 9.84 Å². The van der Waals surface area contributed by atoms with Gasteiger partial charge in [-0.2, -0.15) is 0 Å². The Morgan fingerprint density at radius 3 is 1.37 bits per heavy atom. The summed E-state index contributed by atoms with van der Waals surface area (Å²) in [5, 5.41) is 20.1. The van der Waals surface area contributed by atoms with Crippen molar-refractivity contribution in [3.8, 4) is 0 Å². The number of carboxylic acid groups (broad SMARTS) is 2. The van der Waals surface area contributed by atoms with Crippen LogP contribution in [0.25, 0.3) is 0 Å².